The van der Waals surface area contributed by atoms with Gasteiger partial charge in [0.05, 0.1) is 25.2 Å². The number of likely N-dealkylation sites (tertiary alicyclic amines) is 1. The lowest BCUT2D eigenvalue weighted by Crippen LogP contribution is -2.49. The summed E-state index contributed by atoms with van der Waals surface area (Å²) in [4.78, 5) is 28.1. The molecule has 3 amide bonds. The number of amides is 3. The quantitative estimate of drug-likeness (QED) is 0.908. The molecule has 7 nitrogen and oxygen atoms in total. The molecule has 2 aliphatic rings. The van der Waals surface area contributed by atoms with Crippen molar-refractivity contribution in [3.05, 3.63) is 24.3 Å². The Kier molecular flexibility index (Phi) is 4.62. The van der Waals surface area contributed by atoms with E-state index in [9.17, 15) is 9.59 Å². The van der Waals surface area contributed by atoms with Crippen molar-refractivity contribution in [2.45, 2.75) is 18.6 Å². The minimum Gasteiger partial charge on any atom is -0.497 e. The van der Waals surface area contributed by atoms with Crippen LogP contribution in [0.2, 0.25) is 0 Å². The Morgan fingerprint density at radius 1 is 1.33 bits per heavy atom. The number of ether oxygens (including phenoxy) is 2. The molecule has 0 unspecified atom stereocenters. The molecule has 130 valence electrons. The lowest BCUT2D eigenvalue weighted by molar-refractivity contribution is -0.135. The molecule has 7 heteroatoms. The first kappa shape index (κ1) is 16.6. The number of hydrogen-bond donors (Lipinski definition) is 1. The van der Waals surface area contributed by atoms with Crippen LogP contribution in [0.15, 0.2) is 24.3 Å². The van der Waals surface area contributed by atoms with Crippen molar-refractivity contribution in [1.29, 1.82) is 0 Å². The zero-order valence-corrected chi connectivity index (χ0v) is 14.2. The van der Waals surface area contributed by atoms with Crippen LogP contribution >= 0.6 is 0 Å². The Balaban J connectivity index is 1.64. The third kappa shape index (κ3) is 3.31. The standard InChI is InChI=1S/C17H23N3O4/c1-19(2)16(21)14-8-13-9-20(10-15(14)24-13)17(22)18-11-5-4-6-12(7-11)23-3/h4-7,13-15H,8-10H2,1-3H3,(H,18,22)/t13-,14+,15-/m1/s1. The highest BCUT2D eigenvalue weighted by molar-refractivity contribution is 5.90. The molecule has 0 saturated carbocycles. The molecule has 2 saturated heterocycles. The lowest BCUT2D eigenvalue weighted by atomic mass is 9.99. The molecule has 24 heavy (non-hydrogen) atoms. The number of urea groups is 1. The number of carbonyl (C=O) groups is 2. The number of nitrogens with one attached hydrogen (secondary N) is 1. The highest BCUT2D eigenvalue weighted by Gasteiger charge is 2.46. The number of benzene rings is 1. The number of anilines is 1. The Morgan fingerprint density at radius 3 is 2.83 bits per heavy atom. The molecule has 1 aromatic carbocycles. The van der Waals surface area contributed by atoms with E-state index in [2.05, 4.69) is 5.32 Å². The van der Waals surface area contributed by atoms with E-state index in [1.807, 2.05) is 18.2 Å². The average molecular weight is 333 g/mol. The van der Waals surface area contributed by atoms with Crippen molar-refractivity contribution < 1.29 is 19.1 Å². The van der Waals surface area contributed by atoms with Crippen LogP contribution in [0.3, 0.4) is 0 Å². The van der Waals surface area contributed by atoms with Gasteiger partial charge in [0.25, 0.3) is 0 Å². The van der Waals surface area contributed by atoms with Gasteiger partial charge < -0.3 is 24.6 Å². The molecule has 0 spiro atoms. The maximum atomic E-state index is 12.5. The molecule has 1 N–H and O–H groups in total. The molecule has 0 radical (unpaired) electrons. The first-order valence-corrected chi connectivity index (χ1v) is 8.04. The van der Waals surface area contributed by atoms with E-state index in [0.717, 1.165) is 0 Å². The van der Waals surface area contributed by atoms with Gasteiger partial charge in [0.15, 0.2) is 0 Å². The molecule has 3 atom stereocenters. The molecule has 2 bridgehead atoms. The SMILES string of the molecule is COc1cccc(NC(=O)N2C[C@H]3C[C@H](C(=O)N(C)C)[C@@H](C2)O3)c1. The molecular weight excluding hydrogens is 310 g/mol. The molecular formula is C17H23N3O4. The van der Waals surface area contributed by atoms with Gasteiger partial charge in [-0.1, -0.05) is 6.07 Å². The van der Waals surface area contributed by atoms with Crippen LogP contribution in [0.4, 0.5) is 10.5 Å². The van der Waals surface area contributed by atoms with E-state index in [-0.39, 0.29) is 30.1 Å². The van der Waals surface area contributed by atoms with Crippen molar-refractivity contribution in [3.8, 4) is 5.75 Å². The van der Waals surface area contributed by atoms with Gasteiger partial charge in [-0.15, -0.1) is 0 Å². The van der Waals surface area contributed by atoms with Crippen LogP contribution in [-0.2, 0) is 9.53 Å². The summed E-state index contributed by atoms with van der Waals surface area (Å²) >= 11 is 0. The second kappa shape index (κ2) is 6.68. The average Bonchev–Trinajstić information content (AvgIpc) is 2.87. The number of rotatable bonds is 3. The Bertz CT molecular complexity index is 634. The van der Waals surface area contributed by atoms with Crippen LogP contribution in [0.1, 0.15) is 6.42 Å². The fourth-order valence-corrected chi connectivity index (χ4v) is 3.32. The summed E-state index contributed by atoms with van der Waals surface area (Å²) in [6.07, 6.45) is 0.369. The Hall–Kier alpha value is -2.28. The van der Waals surface area contributed by atoms with Gasteiger partial charge >= 0.3 is 6.03 Å². The van der Waals surface area contributed by atoms with Crippen LogP contribution in [-0.4, -0.2) is 68.2 Å². The lowest BCUT2D eigenvalue weighted by Gasteiger charge is -2.33. The number of fused-ring (bicyclic) bond motifs is 2. The molecule has 2 fully saturated rings. The number of carbonyl (C=O) groups excluding carboxylic acids is 2. The summed E-state index contributed by atoms with van der Waals surface area (Å²) in [7, 11) is 5.08. The first-order valence-electron chi connectivity index (χ1n) is 8.04. The van der Waals surface area contributed by atoms with E-state index in [4.69, 9.17) is 9.47 Å². The monoisotopic (exact) mass is 333 g/mol. The van der Waals surface area contributed by atoms with Gasteiger partial charge in [-0.25, -0.2) is 4.79 Å². The fraction of sp³-hybridized carbons (Fsp3) is 0.529. The zero-order valence-electron chi connectivity index (χ0n) is 14.2. The van der Waals surface area contributed by atoms with Crippen molar-refractivity contribution in [3.63, 3.8) is 0 Å². The van der Waals surface area contributed by atoms with E-state index in [1.54, 1.807) is 37.1 Å². The van der Waals surface area contributed by atoms with Crippen LogP contribution < -0.4 is 10.1 Å². The second-order valence-electron chi connectivity index (χ2n) is 6.44. The van der Waals surface area contributed by atoms with Crippen molar-refractivity contribution in [2.75, 3.05) is 39.6 Å². The smallest absolute Gasteiger partial charge is 0.322 e. The second-order valence-corrected chi connectivity index (χ2v) is 6.44. The first-order chi connectivity index (χ1) is 11.5. The normalized spacial score (nSPS) is 25.3. The molecule has 0 aliphatic carbocycles. The maximum absolute atomic E-state index is 12.5. The van der Waals surface area contributed by atoms with E-state index >= 15 is 0 Å². The Labute approximate surface area is 141 Å². The molecule has 2 heterocycles. The van der Waals surface area contributed by atoms with Gasteiger partial charge in [0, 0.05) is 38.9 Å². The summed E-state index contributed by atoms with van der Waals surface area (Å²) in [5.74, 6) is 0.587. The maximum Gasteiger partial charge on any atom is 0.322 e. The van der Waals surface area contributed by atoms with Gasteiger partial charge in [-0.3, -0.25) is 4.79 Å². The molecule has 0 aromatic heterocycles. The number of methoxy groups -OCH3 is 1. The summed E-state index contributed by atoms with van der Waals surface area (Å²) in [6, 6.07) is 7.05. The van der Waals surface area contributed by atoms with E-state index in [1.165, 1.54) is 0 Å². The summed E-state index contributed by atoms with van der Waals surface area (Å²) in [5, 5.41) is 2.88. The van der Waals surface area contributed by atoms with Gasteiger partial charge in [-0.05, 0) is 18.6 Å². The van der Waals surface area contributed by atoms with Gasteiger partial charge in [-0.2, -0.15) is 0 Å². The summed E-state index contributed by atoms with van der Waals surface area (Å²) < 4.78 is 11.0. The zero-order chi connectivity index (χ0) is 17.3. The minimum absolute atomic E-state index is 0.0672. The van der Waals surface area contributed by atoms with E-state index < -0.39 is 0 Å². The third-order valence-electron chi connectivity index (χ3n) is 4.52. The van der Waals surface area contributed by atoms with Crippen molar-refractivity contribution >= 4 is 17.6 Å². The number of nitrogens with zero attached hydrogens (tertiary/aromatic N) is 2. The molecule has 3 rings (SSSR count). The number of hydrogen-bond acceptors (Lipinski definition) is 4. The van der Waals surface area contributed by atoms with Gasteiger partial charge in [0.1, 0.15) is 5.75 Å². The number of morpholine rings is 1. The summed E-state index contributed by atoms with van der Waals surface area (Å²) in [5.41, 5.74) is 0.680. The van der Waals surface area contributed by atoms with Crippen molar-refractivity contribution in [1.82, 2.24) is 9.80 Å². The van der Waals surface area contributed by atoms with Crippen LogP contribution in [0, 0.1) is 5.92 Å². The highest BCUT2D eigenvalue weighted by Crippen LogP contribution is 2.33. The highest BCUT2D eigenvalue weighted by atomic mass is 16.5. The van der Waals surface area contributed by atoms with Crippen molar-refractivity contribution in [2.24, 2.45) is 5.92 Å². The third-order valence-corrected chi connectivity index (χ3v) is 4.52. The van der Waals surface area contributed by atoms with Gasteiger partial charge in [0.2, 0.25) is 5.91 Å². The predicted molar refractivity (Wildman–Crippen MR) is 89.0 cm³/mol. The molecule has 1 aromatic rings. The largest absolute Gasteiger partial charge is 0.497 e. The van der Waals surface area contributed by atoms with E-state index in [0.29, 0.717) is 30.9 Å². The topological polar surface area (TPSA) is 71.1 Å². The summed E-state index contributed by atoms with van der Waals surface area (Å²) in [6.45, 7) is 0.931. The predicted octanol–water partition coefficient (Wildman–Crippen LogP) is 1.40. The van der Waals surface area contributed by atoms with Crippen LogP contribution in [0.25, 0.3) is 0 Å². The Morgan fingerprint density at radius 2 is 2.12 bits per heavy atom. The molecule has 2 aliphatic heterocycles. The minimum atomic E-state index is -0.227. The van der Waals surface area contributed by atoms with Crippen LogP contribution in [0.5, 0.6) is 5.75 Å². The fourth-order valence-electron chi connectivity index (χ4n) is 3.32.